The Morgan fingerprint density at radius 1 is 1.12 bits per heavy atom. The van der Waals surface area contributed by atoms with E-state index in [0.29, 0.717) is 5.69 Å². The van der Waals surface area contributed by atoms with Gasteiger partial charge in [-0.3, -0.25) is 9.48 Å². The van der Waals surface area contributed by atoms with Crippen LogP contribution in [0.2, 0.25) is 0 Å². The minimum absolute atomic E-state index is 0.181. The van der Waals surface area contributed by atoms with E-state index in [1.54, 1.807) is 17.8 Å². The minimum atomic E-state index is -0.181. The summed E-state index contributed by atoms with van der Waals surface area (Å²) in [6.45, 7) is 1.86. The predicted molar refractivity (Wildman–Crippen MR) is 97.4 cm³/mol. The Labute approximate surface area is 144 Å². The van der Waals surface area contributed by atoms with Crippen molar-refractivity contribution in [2.75, 3.05) is 5.32 Å². The molecule has 0 unspecified atom stereocenters. The summed E-state index contributed by atoms with van der Waals surface area (Å²) in [5.74, 6) is 0.626. The van der Waals surface area contributed by atoms with Crippen molar-refractivity contribution in [2.45, 2.75) is 6.92 Å². The number of anilines is 1. The number of aryl methyl sites for hydroxylation is 2. The number of nitrogens with one attached hydrogen (secondary N) is 2. The summed E-state index contributed by atoms with van der Waals surface area (Å²) in [6.07, 6.45) is 0. The fraction of sp³-hybridized carbons (Fsp3) is 0.105. The molecule has 25 heavy (non-hydrogen) atoms. The van der Waals surface area contributed by atoms with E-state index >= 15 is 0 Å². The second-order valence-electron chi connectivity index (χ2n) is 5.93. The van der Waals surface area contributed by atoms with E-state index in [2.05, 4.69) is 20.4 Å². The highest BCUT2D eigenvalue weighted by atomic mass is 16.2. The van der Waals surface area contributed by atoms with Gasteiger partial charge in [0.2, 0.25) is 0 Å². The van der Waals surface area contributed by atoms with E-state index in [0.717, 1.165) is 33.8 Å². The van der Waals surface area contributed by atoms with Gasteiger partial charge in [0, 0.05) is 18.3 Å². The van der Waals surface area contributed by atoms with Gasteiger partial charge in [0.05, 0.1) is 16.7 Å². The quantitative estimate of drug-likeness (QED) is 0.603. The lowest BCUT2D eigenvalue weighted by Gasteiger charge is -2.06. The zero-order chi connectivity index (χ0) is 17.4. The molecular formula is C19H17N5O. The number of para-hydroxylation sites is 2. The molecule has 4 aromatic rings. The third-order valence-corrected chi connectivity index (χ3v) is 4.04. The maximum Gasteiger partial charge on any atom is 0.273 e. The molecule has 2 aromatic carbocycles. The molecule has 124 valence electrons. The lowest BCUT2D eigenvalue weighted by Crippen LogP contribution is -2.15. The molecule has 0 saturated carbocycles. The summed E-state index contributed by atoms with van der Waals surface area (Å²) in [4.78, 5) is 20.2. The average Bonchev–Trinajstić information content (AvgIpc) is 3.18. The Hall–Kier alpha value is -3.41. The number of rotatable bonds is 3. The number of carbonyl (C=O) groups excluding carboxylic acids is 1. The number of amides is 1. The molecule has 0 aliphatic heterocycles. The van der Waals surface area contributed by atoms with Crippen molar-refractivity contribution in [3.63, 3.8) is 0 Å². The minimum Gasteiger partial charge on any atom is -0.338 e. The van der Waals surface area contributed by atoms with E-state index in [4.69, 9.17) is 0 Å². The number of carbonyl (C=O) groups is 1. The largest absolute Gasteiger partial charge is 0.338 e. The van der Waals surface area contributed by atoms with Crippen LogP contribution >= 0.6 is 0 Å². The molecule has 2 aromatic heterocycles. The fourth-order valence-corrected chi connectivity index (χ4v) is 2.82. The molecule has 2 heterocycles. The van der Waals surface area contributed by atoms with Crippen LogP contribution in [0, 0.1) is 6.92 Å². The lowest BCUT2D eigenvalue weighted by atomic mass is 10.2. The lowest BCUT2D eigenvalue weighted by molar-refractivity contribution is 0.101. The maximum atomic E-state index is 12.3. The van der Waals surface area contributed by atoms with E-state index in [9.17, 15) is 4.79 Å². The topological polar surface area (TPSA) is 75.6 Å². The van der Waals surface area contributed by atoms with E-state index in [-0.39, 0.29) is 5.91 Å². The summed E-state index contributed by atoms with van der Waals surface area (Å²) in [6, 6.07) is 17.3. The summed E-state index contributed by atoms with van der Waals surface area (Å²) >= 11 is 0. The Kier molecular flexibility index (Phi) is 3.57. The van der Waals surface area contributed by atoms with Crippen LogP contribution in [0.3, 0.4) is 0 Å². The number of hydrogen-bond acceptors (Lipinski definition) is 3. The molecule has 2 N–H and O–H groups in total. The molecule has 0 aliphatic rings. The number of benzene rings is 2. The fourth-order valence-electron chi connectivity index (χ4n) is 2.82. The molecule has 0 saturated heterocycles. The van der Waals surface area contributed by atoms with Crippen LogP contribution in [0.1, 0.15) is 16.2 Å². The van der Waals surface area contributed by atoms with Crippen LogP contribution in [0.25, 0.3) is 22.4 Å². The van der Waals surface area contributed by atoms with Gasteiger partial charge in [-0.1, -0.05) is 12.1 Å². The molecule has 0 spiro atoms. The molecule has 0 aliphatic carbocycles. The van der Waals surface area contributed by atoms with Crippen LogP contribution in [0.15, 0.2) is 54.6 Å². The summed E-state index contributed by atoms with van der Waals surface area (Å²) in [5, 5.41) is 7.08. The second-order valence-corrected chi connectivity index (χ2v) is 5.93. The molecule has 4 rings (SSSR count). The molecule has 0 bridgehead atoms. The van der Waals surface area contributed by atoms with E-state index in [1.165, 1.54) is 0 Å². The molecular weight excluding hydrogens is 314 g/mol. The number of imidazole rings is 1. The zero-order valence-electron chi connectivity index (χ0n) is 13.9. The number of fused-ring (bicyclic) bond motifs is 1. The molecule has 6 nitrogen and oxygen atoms in total. The SMILES string of the molecule is Cc1cc(C(=O)Nc2ccc(-c3nc4ccccc4[nH]3)cc2)n(C)n1. The molecule has 6 heteroatoms. The molecule has 0 atom stereocenters. The van der Waals surface area contributed by atoms with Crippen molar-refractivity contribution in [1.29, 1.82) is 0 Å². The Balaban J connectivity index is 1.55. The Bertz CT molecular complexity index is 1030. The first-order chi connectivity index (χ1) is 12.1. The van der Waals surface area contributed by atoms with Crippen LogP contribution in [-0.2, 0) is 7.05 Å². The number of hydrogen-bond donors (Lipinski definition) is 2. The van der Waals surface area contributed by atoms with Gasteiger partial charge in [-0.15, -0.1) is 0 Å². The van der Waals surface area contributed by atoms with Crippen LogP contribution in [0.5, 0.6) is 0 Å². The third-order valence-electron chi connectivity index (χ3n) is 4.04. The standard InChI is InChI=1S/C19H17N5O/c1-12-11-17(24(2)23-12)19(25)20-14-9-7-13(8-10-14)18-21-15-5-3-4-6-16(15)22-18/h3-11H,1-2H3,(H,20,25)(H,21,22). The van der Waals surface area contributed by atoms with Crippen molar-refractivity contribution >= 4 is 22.6 Å². The third kappa shape index (κ3) is 2.89. The van der Waals surface area contributed by atoms with Crippen molar-refractivity contribution in [3.05, 3.63) is 66.0 Å². The number of nitrogens with zero attached hydrogens (tertiary/aromatic N) is 3. The van der Waals surface area contributed by atoms with E-state index < -0.39 is 0 Å². The smallest absolute Gasteiger partial charge is 0.273 e. The molecule has 0 fully saturated rings. The predicted octanol–water partition coefficient (Wildman–Crippen LogP) is 3.52. The monoisotopic (exact) mass is 331 g/mol. The van der Waals surface area contributed by atoms with Crippen molar-refractivity contribution in [1.82, 2.24) is 19.7 Å². The first kappa shape index (κ1) is 15.1. The normalized spacial score (nSPS) is 11.0. The summed E-state index contributed by atoms with van der Waals surface area (Å²) in [7, 11) is 1.76. The highest BCUT2D eigenvalue weighted by Crippen LogP contribution is 2.22. The first-order valence-corrected chi connectivity index (χ1v) is 7.97. The molecule has 0 radical (unpaired) electrons. The van der Waals surface area contributed by atoms with Gasteiger partial charge < -0.3 is 10.3 Å². The highest BCUT2D eigenvalue weighted by molar-refractivity contribution is 6.03. The van der Waals surface area contributed by atoms with Gasteiger partial charge in [0.1, 0.15) is 11.5 Å². The van der Waals surface area contributed by atoms with Crippen LogP contribution < -0.4 is 5.32 Å². The highest BCUT2D eigenvalue weighted by Gasteiger charge is 2.12. The summed E-state index contributed by atoms with van der Waals surface area (Å²) in [5.41, 5.74) is 4.96. The van der Waals surface area contributed by atoms with Gasteiger partial charge in [-0.05, 0) is 49.4 Å². The van der Waals surface area contributed by atoms with Gasteiger partial charge in [0.15, 0.2) is 0 Å². The van der Waals surface area contributed by atoms with Crippen LogP contribution in [0.4, 0.5) is 5.69 Å². The zero-order valence-corrected chi connectivity index (χ0v) is 13.9. The van der Waals surface area contributed by atoms with Crippen molar-refractivity contribution in [3.8, 4) is 11.4 Å². The Morgan fingerprint density at radius 3 is 2.56 bits per heavy atom. The van der Waals surface area contributed by atoms with Gasteiger partial charge in [-0.2, -0.15) is 5.10 Å². The van der Waals surface area contributed by atoms with Gasteiger partial charge in [-0.25, -0.2) is 4.98 Å². The number of aromatic amines is 1. The van der Waals surface area contributed by atoms with Crippen LogP contribution in [-0.4, -0.2) is 25.7 Å². The van der Waals surface area contributed by atoms with Gasteiger partial charge in [0.25, 0.3) is 5.91 Å². The van der Waals surface area contributed by atoms with Gasteiger partial charge >= 0.3 is 0 Å². The molecule has 1 amide bonds. The average molecular weight is 331 g/mol. The number of H-pyrrole nitrogens is 1. The van der Waals surface area contributed by atoms with Crippen molar-refractivity contribution < 1.29 is 4.79 Å². The Morgan fingerprint density at radius 2 is 1.88 bits per heavy atom. The number of aromatic nitrogens is 4. The maximum absolute atomic E-state index is 12.3. The summed E-state index contributed by atoms with van der Waals surface area (Å²) < 4.78 is 1.58. The second kappa shape index (κ2) is 5.90. The van der Waals surface area contributed by atoms with E-state index in [1.807, 2.05) is 55.5 Å². The first-order valence-electron chi connectivity index (χ1n) is 7.97. The van der Waals surface area contributed by atoms with Crippen molar-refractivity contribution in [2.24, 2.45) is 7.05 Å².